The maximum absolute atomic E-state index is 5.33. The summed E-state index contributed by atoms with van der Waals surface area (Å²) in [6, 6.07) is 11.2. The van der Waals surface area contributed by atoms with Crippen molar-refractivity contribution in [2.75, 3.05) is 71.0 Å². The molecule has 2 atom stereocenters. The largest absolute Gasteiger partial charge is 0.384 e. The zero-order chi connectivity index (χ0) is 19.8. The lowest BCUT2D eigenvalue weighted by molar-refractivity contribution is 0.157. The Kier molecular flexibility index (Phi) is 7.98. The van der Waals surface area contributed by atoms with Gasteiger partial charge in [-0.15, -0.1) is 0 Å². The fraction of sp³-hybridized carbons (Fsp3) is 0.682. The van der Waals surface area contributed by atoms with Crippen molar-refractivity contribution in [3.8, 4) is 0 Å². The maximum atomic E-state index is 5.33. The smallest absolute Gasteiger partial charge is 0.193 e. The normalized spacial score (nSPS) is 22.5. The van der Waals surface area contributed by atoms with Crippen LogP contribution in [0.25, 0.3) is 0 Å². The van der Waals surface area contributed by atoms with Crippen molar-refractivity contribution >= 4 is 11.6 Å². The molecule has 3 rings (SSSR count). The second-order valence-corrected chi connectivity index (χ2v) is 7.96. The number of likely N-dealkylation sites (tertiary alicyclic amines) is 1. The minimum Gasteiger partial charge on any atom is -0.384 e. The molecule has 1 aromatic carbocycles. The lowest BCUT2D eigenvalue weighted by Gasteiger charge is -2.38. The molecule has 2 saturated heterocycles. The van der Waals surface area contributed by atoms with E-state index in [0.717, 1.165) is 64.9 Å². The van der Waals surface area contributed by atoms with E-state index in [2.05, 4.69) is 64.2 Å². The Hall–Kier alpha value is -1.79. The predicted octanol–water partition coefficient (Wildman–Crippen LogP) is 2.13. The number of nitrogens with one attached hydrogen (secondary N) is 1. The van der Waals surface area contributed by atoms with Crippen LogP contribution in [0.15, 0.2) is 35.3 Å². The highest BCUT2D eigenvalue weighted by Gasteiger charge is 2.25. The van der Waals surface area contributed by atoms with Crippen LogP contribution >= 0.6 is 0 Å². The van der Waals surface area contributed by atoms with Gasteiger partial charge in [-0.2, -0.15) is 0 Å². The summed E-state index contributed by atoms with van der Waals surface area (Å²) < 4.78 is 5.33. The van der Waals surface area contributed by atoms with Crippen LogP contribution in [0.1, 0.15) is 20.3 Å². The molecule has 2 aliphatic heterocycles. The van der Waals surface area contributed by atoms with Gasteiger partial charge < -0.3 is 19.9 Å². The first kappa shape index (κ1) is 20.9. The van der Waals surface area contributed by atoms with E-state index in [1.807, 2.05) is 0 Å². The standard InChI is InChI=1S/C22H37N5O/c1-4-23-22(27-11-10-20(17-27)18-28-3)24-16-19(2)25-12-14-26(15-13-25)21-8-6-5-7-9-21/h5-9,19-20H,4,10-18H2,1-3H3,(H,23,24). The maximum Gasteiger partial charge on any atom is 0.193 e. The monoisotopic (exact) mass is 387 g/mol. The first-order chi connectivity index (χ1) is 13.7. The summed E-state index contributed by atoms with van der Waals surface area (Å²) in [6.07, 6.45) is 1.19. The second-order valence-electron chi connectivity index (χ2n) is 7.96. The molecule has 2 aliphatic rings. The fourth-order valence-corrected chi connectivity index (χ4v) is 4.22. The number of guanidine groups is 1. The third kappa shape index (κ3) is 5.61. The molecule has 2 heterocycles. The summed E-state index contributed by atoms with van der Waals surface area (Å²) in [5.74, 6) is 1.69. The number of ether oxygens (including phenoxy) is 1. The van der Waals surface area contributed by atoms with Crippen molar-refractivity contribution in [3.05, 3.63) is 30.3 Å². The van der Waals surface area contributed by atoms with E-state index in [1.165, 1.54) is 12.1 Å². The molecule has 1 N–H and O–H groups in total. The summed E-state index contributed by atoms with van der Waals surface area (Å²) in [7, 11) is 1.79. The quantitative estimate of drug-likeness (QED) is 0.574. The molecule has 2 fully saturated rings. The molecule has 0 aliphatic carbocycles. The molecule has 6 nitrogen and oxygen atoms in total. The highest BCUT2D eigenvalue weighted by Crippen LogP contribution is 2.18. The van der Waals surface area contributed by atoms with Gasteiger partial charge in [0.2, 0.25) is 0 Å². The molecule has 1 aromatic rings. The van der Waals surface area contributed by atoms with Crippen molar-refractivity contribution in [2.45, 2.75) is 26.3 Å². The van der Waals surface area contributed by atoms with E-state index >= 15 is 0 Å². The Morgan fingerprint density at radius 3 is 2.61 bits per heavy atom. The first-order valence-electron chi connectivity index (χ1n) is 10.8. The Balaban J connectivity index is 1.49. The van der Waals surface area contributed by atoms with Crippen LogP contribution in [0.5, 0.6) is 0 Å². The third-order valence-corrected chi connectivity index (χ3v) is 5.89. The zero-order valence-electron chi connectivity index (χ0n) is 17.8. The van der Waals surface area contributed by atoms with Gasteiger partial charge in [0.15, 0.2) is 5.96 Å². The summed E-state index contributed by atoms with van der Waals surface area (Å²) in [6.45, 7) is 13.5. The molecule has 156 valence electrons. The number of piperazine rings is 1. The van der Waals surface area contributed by atoms with Crippen LogP contribution in [0, 0.1) is 5.92 Å². The Morgan fingerprint density at radius 2 is 1.93 bits per heavy atom. The molecule has 0 spiro atoms. The molecule has 2 unspecified atom stereocenters. The van der Waals surface area contributed by atoms with E-state index in [0.29, 0.717) is 12.0 Å². The molecule has 0 aromatic heterocycles. The minimum atomic E-state index is 0.462. The summed E-state index contributed by atoms with van der Waals surface area (Å²) in [4.78, 5) is 12.4. The lowest BCUT2D eigenvalue weighted by Crippen LogP contribution is -2.50. The van der Waals surface area contributed by atoms with Crippen molar-refractivity contribution in [3.63, 3.8) is 0 Å². The molecular formula is C22H37N5O. The Bertz CT molecular complexity index is 600. The van der Waals surface area contributed by atoms with Gasteiger partial charge in [0.1, 0.15) is 0 Å². The number of hydrogen-bond donors (Lipinski definition) is 1. The van der Waals surface area contributed by atoms with Crippen LogP contribution in [0.4, 0.5) is 5.69 Å². The fourth-order valence-electron chi connectivity index (χ4n) is 4.22. The van der Waals surface area contributed by atoms with Crippen LogP contribution in [-0.2, 0) is 4.74 Å². The topological polar surface area (TPSA) is 43.3 Å². The molecular weight excluding hydrogens is 350 g/mol. The number of aliphatic imine (C=N–C) groups is 1. The van der Waals surface area contributed by atoms with Gasteiger partial charge in [-0.3, -0.25) is 9.89 Å². The van der Waals surface area contributed by atoms with Gasteiger partial charge in [0.25, 0.3) is 0 Å². The van der Waals surface area contributed by atoms with Gasteiger partial charge in [-0.1, -0.05) is 18.2 Å². The van der Waals surface area contributed by atoms with E-state index in [1.54, 1.807) is 7.11 Å². The van der Waals surface area contributed by atoms with Crippen LogP contribution in [0.2, 0.25) is 0 Å². The average molecular weight is 388 g/mol. The van der Waals surface area contributed by atoms with E-state index in [9.17, 15) is 0 Å². The van der Waals surface area contributed by atoms with Crippen molar-refractivity contribution < 1.29 is 4.74 Å². The van der Waals surface area contributed by atoms with Crippen molar-refractivity contribution in [1.29, 1.82) is 0 Å². The van der Waals surface area contributed by atoms with Crippen LogP contribution in [-0.4, -0.2) is 87.9 Å². The molecule has 0 bridgehead atoms. The van der Waals surface area contributed by atoms with E-state index in [4.69, 9.17) is 9.73 Å². The SMILES string of the molecule is CCNC(=NCC(C)N1CCN(c2ccccc2)CC1)N1CCC(COC)C1. The highest BCUT2D eigenvalue weighted by atomic mass is 16.5. The van der Waals surface area contributed by atoms with Crippen LogP contribution in [0.3, 0.4) is 0 Å². The van der Waals surface area contributed by atoms with Gasteiger partial charge in [0.05, 0.1) is 13.2 Å². The van der Waals surface area contributed by atoms with Crippen molar-refractivity contribution in [2.24, 2.45) is 10.9 Å². The van der Waals surface area contributed by atoms with Gasteiger partial charge in [-0.25, -0.2) is 0 Å². The predicted molar refractivity (Wildman–Crippen MR) is 117 cm³/mol. The molecule has 28 heavy (non-hydrogen) atoms. The Labute approximate surface area is 170 Å². The number of benzene rings is 1. The third-order valence-electron chi connectivity index (χ3n) is 5.89. The van der Waals surface area contributed by atoms with E-state index in [-0.39, 0.29) is 0 Å². The Morgan fingerprint density at radius 1 is 1.18 bits per heavy atom. The number of methoxy groups -OCH3 is 1. The number of nitrogens with zero attached hydrogens (tertiary/aromatic N) is 4. The summed E-state index contributed by atoms with van der Waals surface area (Å²) >= 11 is 0. The average Bonchev–Trinajstić information content (AvgIpc) is 3.20. The molecule has 0 radical (unpaired) electrons. The van der Waals surface area contributed by atoms with E-state index < -0.39 is 0 Å². The van der Waals surface area contributed by atoms with Gasteiger partial charge >= 0.3 is 0 Å². The number of hydrogen-bond acceptors (Lipinski definition) is 4. The van der Waals surface area contributed by atoms with Crippen molar-refractivity contribution in [1.82, 2.24) is 15.1 Å². The zero-order valence-corrected chi connectivity index (χ0v) is 17.8. The molecule has 0 amide bonds. The highest BCUT2D eigenvalue weighted by molar-refractivity contribution is 5.80. The number of rotatable bonds is 7. The molecule has 6 heteroatoms. The van der Waals surface area contributed by atoms with Crippen LogP contribution < -0.4 is 10.2 Å². The van der Waals surface area contributed by atoms with Gasteiger partial charge in [0, 0.05) is 70.6 Å². The number of para-hydroxylation sites is 1. The minimum absolute atomic E-state index is 0.462. The number of anilines is 1. The summed E-state index contributed by atoms with van der Waals surface area (Å²) in [5.41, 5.74) is 1.34. The lowest BCUT2D eigenvalue weighted by atomic mass is 10.1. The molecule has 0 saturated carbocycles. The van der Waals surface area contributed by atoms with Gasteiger partial charge in [-0.05, 0) is 32.4 Å². The summed E-state index contributed by atoms with van der Waals surface area (Å²) in [5, 5.41) is 3.48. The second kappa shape index (κ2) is 10.7. The first-order valence-corrected chi connectivity index (χ1v) is 10.8.